The van der Waals surface area contributed by atoms with E-state index in [0.29, 0.717) is 25.2 Å². The third kappa shape index (κ3) is 5.60. The van der Waals surface area contributed by atoms with Crippen LogP contribution in [0.2, 0.25) is 0 Å². The number of ether oxygens (including phenoxy) is 1. The van der Waals surface area contributed by atoms with Crippen LogP contribution in [0.1, 0.15) is 31.4 Å². The van der Waals surface area contributed by atoms with Crippen LogP contribution < -0.4 is 5.32 Å². The number of hydrogen-bond donors (Lipinski definition) is 1. The van der Waals surface area contributed by atoms with Gasteiger partial charge in [-0.15, -0.1) is 24.0 Å². The average Bonchev–Trinajstić information content (AvgIpc) is 3.37. The molecule has 1 aromatic heterocycles. The Hall–Kier alpha value is -1.29. The molecule has 3 heterocycles. The van der Waals surface area contributed by atoms with Crippen LogP contribution in [0.5, 0.6) is 0 Å². The van der Waals surface area contributed by atoms with E-state index in [2.05, 4.69) is 10.2 Å². The smallest absolute Gasteiger partial charge is 0.242 e. The highest BCUT2D eigenvalue weighted by Gasteiger charge is 2.36. The fourth-order valence-electron chi connectivity index (χ4n) is 3.63. The van der Waals surface area contributed by atoms with E-state index in [1.807, 2.05) is 17.0 Å². The molecule has 7 nitrogen and oxygen atoms in total. The van der Waals surface area contributed by atoms with E-state index >= 15 is 0 Å². The van der Waals surface area contributed by atoms with Crippen LogP contribution in [0.3, 0.4) is 0 Å². The summed E-state index contributed by atoms with van der Waals surface area (Å²) in [6, 6.07) is 4.73. The van der Waals surface area contributed by atoms with Gasteiger partial charge in [-0.05, 0) is 37.8 Å². The minimum absolute atomic E-state index is 0. The van der Waals surface area contributed by atoms with Crippen molar-refractivity contribution in [3.63, 3.8) is 0 Å². The van der Waals surface area contributed by atoms with Crippen LogP contribution in [0.15, 0.2) is 27.8 Å². The summed E-state index contributed by atoms with van der Waals surface area (Å²) < 4.78 is 10.8. The fourth-order valence-corrected chi connectivity index (χ4v) is 3.63. The van der Waals surface area contributed by atoms with Crippen molar-refractivity contribution in [1.29, 1.82) is 0 Å². The first-order valence-electron chi connectivity index (χ1n) is 9.75. The van der Waals surface area contributed by atoms with Gasteiger partial charge in [0.15, 0.2) is 5.96 Å². The summed E-state index contributed by atoms with van der Waals surface area (Å²) in [6.45, 7) is 4.29. The molecule has 3 aliphatic rings. The van der Waals surface area contributed by atoms with E-state index in [9.17, 15) is 4.79 Å². The van der Waals surface area contributed by atoms with Gasteiger partial charge in [-0.1, -0.05) is 0 Å². The first kappa shape index (κ1) is 20.4. The van der Waals surface area contributed by atoms with Gasteiger partial charge in [0.2, 0.25) is 5.91 Å². The topological polar surface area (TPSA) is 70.3 Å². The summed E-state index contributed by atoms with van der Waals surface area (Å²) in [5.41, 5.74) is 0. The van der Waals surface area contributed by atoms with Gasteiger partial charge < -0.3 is 24.3 Å². The standard InChI is InChI=1S/C19H28N4O3.HI/c24-18-14-22(9-10-23(18)16-3-4-16)19(21-15-6-12-25-13-7-15)20-8-5-17-2-1-11-26-17;/h1-2,11,15-16H,3-10,12-14H2,(H,20,21);1H. The molecule has 27 heavy (non-hydrogen) atoms. The number of carbonyl (C=O) groups excluding carboxylic acids is 1. The Morgan fingerprint density at radius 1 is 1.22 bits per heavy atom. The molecule has 2 saturated heterocycles. The van der Waals surface area contributed by atoms with Crippen molar-refractivity contribution in [3.05, 3.63) is 24.2 Å². The number of hydrogen-bond acceptors (Lipinski definition) is 4. The highest BCUT2D eigenvalue weighted by atomic mass is 127. The number of amides is 1. The fraction of sp³-hybridized carbons (Fsp3) is 0.684. The number of furan rings is 1. The quantitative estimate of drug-likeness (QED) is 0.390. The SMILES string of the molecule is I.O=C1CN(C(=NCCc2ccco2)NC2CCOCC2)CCN1C1CC1. The lowest BCUT2D eigenvalue weighted by Crippen LogP contribution is -2.57. The van der Waals surface area contributed by atoms with Gasteiger partial charge in [-0.25, -0.2) is 0 Å². The number of carbonyl (C=O) groups is 1. The van der Waals surface area contributed by atoms with E-state index in [-0.39, 0.29) is 29.9 Å². The van der Waals surface area contributed by atoms with Crippen LogP contribution in [0.4, 0.5) is 0 Å². The van der Waals surface area contributed by atoms with E-state index in [0.717, 1.165) is 70.1 Å². The number of rotatable bonds is 5. The summed E-state index contributed by atoms with van der Waals surface area (Å²) in [5.74, 6) is 2.02. The predicted octanol–water partition coefficient (Wildman–Crippen LogP) is 1.87. The zero-order chi connectivity index (χ0) is 17.8. The predicted molar refractivity (Wildman–Crippen MR) is 113 cm³/mol. The van der Waals surface area contributed by atoms with Crippen LogP contribution in [0.25, 0.3) is 0 Å². The second kappa shape index (κ2) is 9.77. The first-order valence-corrected chi connectivity index (χ1v) is 9.75. The molecule has 0 spiro atoms. The van der Waals surface area contributed by atoms with E-state index in [1.165, 1.54) is 0 Å². The van der Waals surface area contributed by atoms with Gasteiger partial charge in [0, 0.05) is 51.4 Å². The maximum absolute atomic E-state index is 12.5. The van der Waals surface area contributed by atoms with Crippen LogP contribution in [-0.2, 0) is 16.0 Å². The summed E-state index contributed by atoms with van der Waals surface area (Å²) in [4.78, 5) is 21.5. The van der Waals surface area contributed by atoms with Gasteiger partial charge in [0.1, 0.15) is 5.76 Å². The van der Waals surface area contributed by atoms with Crippen molar-refractivity contribution in [2.24, 2.45) is 4.99 Å². The van der Waals surface area contributed by atoms with Crippen molar-refractivity contribution in [2.75, 3.05) is 39.4 Å². The van der Waals surface area contributed by atoms with Crippen LogP contribution in [0, 0.1) is 0 Å². The molecule has 3 fully saturated rings. The van der Waals surface area contributed by atoms with Crippen LogP contribution >= 0.6 is 24.0 Å². The molecule has 8 heteroatoms. The Morgan fingerprint density at radius 2 is 2.04 bits per heavy atom. The van der Waals surface area contributed by atoms with E-state index in [1.54, 1.807) is 6.26 Å². The molecule has 0 bridgehead atoms. The summed E-state index contributed by atoms with van der Waals surface area (Å²) >= 11 is 0. The number of halogens is 1. The zero-order valence-corrected chi connectivity index (χ0v) is 18.0. The molecule has 1 aromatic rings. The maximum Gasteiger partial charge on any atom is 0.242 e. The third-order valence-corrected chi connectivity index (χ3v) is 5.30. The second-order valence-corrected chi connectivity index (χ2v) is 7.31. The molecule has 0 aromatic carbocycles. The van der Waals surface area contributed by atoms with Crippen molar-refractivity contribution in [1.82, 2.24) is 15.1 Å². The minimum atomic E-state index is 0. The lowest BCUT2D eigenvalue weighted by atomic mass is 10.1. The Kier molecular flexibility index (Phi) is 7.40. The normalized spacial score (nSPS) is 21.9. The monoisotopic (exact) mass is 488 g/mol. The maximum atomic E-state index is 12.5. The number of nitrogens with one attached hydrogen (secondary N) is 1. The highest BCUT2D eigenvalue weighted by Crippen LogP contribution is 2.28. The number of aliphatic imine (C=N–C) groups is 1. The molecular formula is C19H29IN4O3. The largest absolute Gasteiger partial charge is 0.469 e. The molecule has 1 N–H and O–H groups in total. The molecule has 4 rings (SSSR count). The Bertz CT molecular complexity index is 627. The van der Waals surface area contributed by atoms with Crippen molar-refractivity contribution in [2.45, 2.75) is 44.2 Å². The highest BCUT2D eigenvalue weighted by molar-refractivity contribution is 14.0. The third-order valence-electron chi connectivity index (χ3n) is 5.30. The summed E-state index contributed by atoms with van der Waals surface area (Å²) in [6.07, 6.45) is 6.74. The van der Waals surface area contributed by atoms with Gasteiger partial charge in [0.05, 0.1) is 12.8 Å². The molecule has 0 unspecified atom stereocenters. The summed E-state index contributed by atoms with van der Waals surface area (Å²) in [7, 11) is 0. The molecular weight excluding hydrogens is 459 g/mol. The summed E-state index contributed by atoms with van der Waals surface area (Å²) in [5, 5.41) is 3.58. The Labute approximate surface area is 177 Å². The molecule has 1 aliphatic carbocycles. The molecule has 150 valence electrons. The zero-order valence-electron chi connectivity index (χ0n) is 15.6. The number of piperazine rings is 1. The lowest BCUT2D eigenvalue weighted by molar-refractivity contribution is -0.135. The van der Waals surface area contributed by atoms with E-state index < -0.39 is 0 Å². The van der Waals surface area contributed by atoms with Crippen LogP contribution in [-0.4, -0.2) is 73.1 Å². The molecule has 2 aliphatic heterocycles. The average molecular weight is 488 g/mol. The molecule has 1 saturated carbocycles. The van der Waals surface area contributed by atoms with Gasteiger partial charge in [-0.3, -0.25) is 9.79 Å². The second-order valence-electron chi connectivity index (χ2n) is 7.31. The molecule has 1 amide bonds. The minimum Gasteiger partial charge on any atom is -0.469 e. The Balaban J connectivity index is 0.00000210. The number of guanidine groups is 1. The van der Waals surface area contributed by atoms with Crippen molar-refractivity contribution < 1.29 is 13.9 Å². The molecule has 0 radical (unpaired) electrons. The Morgan fingerprint density at radius 3 is 2.70 bits per heavy atom. The molecule has 0 atom stereocenters. The van der Waals surface area contributed by atoms with Gasteiger partial charge >= 0.3 is 0 Å². The van der Waals surface area contributed by atoms with Gasteiger partial charge in [-0.2, -0.15) is 0 Å². The first-order chi connectivity index (χ1) is 12.8. The van der Waals surface area contributed by atoms with Crippen molar-refractivity contribution >= 4 is 35.8 Å². The lowest BCUT2D eigenvalue weighted by Gasteiger charge is -2.37. The number of nitrogens with zero attached hydrogens (tertiary/aromatic N) is 3. The van der Waals surface area contributed by atoms with Crippen molar-refractivity contribution in [3.8, 4) is 0 Å². The van der Waals surface area contributed by atoms with E-state index in [4.69, 9.17) is 14.1 Å². The van der Waals surface area contributed by atoms with Gasteiger partial charge in [0.25, 0.3) is 0 Å².